The Bertz CT molecular complexity index is 158. The van der Waals surface area contributed by atoms with Crippen LogP contribution in [0.2, 0.25) is 0 Å². The third-order valence-corrected chi connectivity index (χ3v) is 2.44. The Morgan fingerprint density at radius 3 is 2.91 bits per heavy atom. The van der Waals surface area contributed by atoms with Gasteiger partial charge in [-0.3, -0.25) is 4.79 Å². The summed E-state index contributed by atoms with van der Waals surface area (Å²) in [6.45, 7) is 2.77. The molecule has 0 bridgehead atoms. The van der Waals surface area contributed by atoms with E-state index in [1.54, 1.807) is 4.90 Å². The molecule has 64 valence electrons. The zero-order chi connectivity index (χ0) is 8.43. The minimum Gasteiger partial charge on any atom is -0.345 e. The van der Waals surface area contributed by atoms with E-state index in [9.17, 15) is 4.79 Å². The molecular formula is C8H16N2O. The molecule has 1 aliphatic heterocycles. The van der Waals surface area contributed by atoms with Gasteiger partial charge >= 0.3 is 0 Å². The molecule has 0 aromatic carbocycles. The maximum atomic E-state index is 11.4. The average Bonchev–Trinajstić information content (AvgIpc) is 2.07. The summed E-state index contributed by atoms with van der Waals surface area (Å²) in [5, 5.41) is 0. The number of likely N-dealkylation sites (tertiary alicyclic amines) is 1. The Kier molecular flexibility index (Phi) is 2.49. The maximum Gasteiger partial charge on any atom is 0.226 e. The molecule has 0 spiro atoms. The van der Waals surface area contributed by atoms with Crippen molar-refractivity contribution in [3.05, 3.63) is 0 Å². The fourth-order valence-electron chi connectivity index (χ4n) is 1.46. The summed E-state index contributed by atoms with van der Waals surface area (Å²) in [4.78, 5) is 13.2. The monoisotopic (exact) mass is 156 g/mol. The molecule has 0 radical (unpaired) electrons. The van der Waals surface area contributed by atoms with Gasteiger partial charge in [-0.05, 0) is 12.8 Å². The lowest BCUT2D eigenvalue weighted by molar-refractivity contribution is -0.133. The molecule has 0 aromatic rings. The van der Waals surface area contributed by atoms with Gasteiger partial charge < -0.3 is 10.6 Å². The summed E-state index contributed by atoms with van der Waals surface area (Å²) in [5.41, 5.74) is 5.78. The lowest BCUT2D eigenvalue weighted by Crippen LogP contribution is -2.37. The topological polar surface area (TPSA) is 46.3 Å². The third kappa shape index (κ3) is 1.71. The Morgan fingerprint density at radius 2 is 2.27 bits per heavy atom. The number of nitrogens with zero attached hydrogens (tertiary/aromatic N) is 1. The van der Waals surface area contributed by atoms with E-state index < -0.39 is 0 Å². The largest absolute Gasteiger partial charge is 0.345 e. The van der Waals surface area contributed by atoms with Crippen LogP contribution in [0.15, 0.2) is 0 Å². The summed E-state index contributed by atoms with van der Waals surface area (Å²) in [6.07, 6.45) is 2.00. The van der Waals surface area contributed by atoms with Gasteiger partial charge in [0.05, 0.1) is 5.92 Å². The number of carbonyl (C=O) groups excluding carboxylic acids is 1. The number of carbonyl (C=O) groups is 1. The molecule has 0 aliphatic carbocycles. The zero-order valence-electron chi connectivity index (χ0n) is 7.21. The number of hydrogen-bond donors (Lipinski definition) is 1. The molecular weight excluding hydrogens is 140 g/mol. The van der Waals surface area contributed by atoms with Gasteiger partial charge in [-0.1, -0.05) is 6.92 Å². The summed E-state index contributed by atoms with van der Waals surface area (Å²) in [6, 6.07) is 0.0625. The number of hydrogen-bond acceptors (Lipinski definition) is 2. The SMILES string of the molecule is CC1C(=O)N(C)CCCC1N. The van der Waals surface area contributed by atoms with E-state index in [4.69, 9.17) is 5.73 Å². The van der Waals surface area contributed by atoms with Crippen molar-refractivity contribution < 1.29 is 4.79 Å². The number of nitrogens with two attached hydrogens (primary N) is 1. The Labute approximate surface area is 67.5 Å². The highest BCUT2D eigenvalue weighted by atomic mass is 16.2. The first kappa shape index (κ1) is 8.53. The first-order valence-corrected chi connectivity index (χ1v) is 4.13. The van der Waals surface area contributed by atoms with Crippen LogP contribution in [0.25, 0.3) is 0 Å². The van der Waals surface area contributed by atoms with Crippen molar-refractivity contribution in [3.8, 4) is 0 Å². The second-order valence-corrected chi connectivity index (χ2v) is 3.35. The van der Waals surface area contributed by atoms with Crippen LogP contribution >= 0.6 is 0 Å². The Hall–Kier alpha value is -0.570. The molecule has 3 nitrogen and oxygen atoms in total. The fourth-order valence-corrected chi connectivity index (χ4v) is 1.46. The van der Waals surface area contributed by atoms with Gasteiger partial charge in [0, 0.05) is 19.6 Å². The second kappa shape index (κ2) is 3.22. The summed E-state index contributed by atoms with van der Waals surface area (Å²) in [5.74, 6) is 0.192. The predicted molar refractivity (Wildman–Crippen MR) is 44.0 cm³/mol. The van der Waals surface area contributed by atoms with Crippen LogP contribution in [0, 0.1) is 5.92 Å². The Morgan fingerprint density at radius 1 is 1.64 bits per heavy atom. The van der Waals surface area contributed by atoms with Crippen molar-refractivity contribution >= 4 is 5.91 Å². The van der Waals surface area contributed by atoms with E-state index in [0.29, 0.717) is 0 Å². The molecule has 0 saturated carbocycles. The lowest BCUT2D eigenvalue weighted by Gasteiger charge is -2.19. The average molecular weight is 156 g/mol. The quantitative estimate of drug-likeness (QED) is 0.544. The molecule has 0 aromatic heterocycles. The minimum absolute atomic E-state index is 0.00231. The highest BCUT2D eigenvalue weighted by Crippen LogP contribution is 2.14. The number of rotatable bonds is 0. The van der Waals surface area contributed by atoms with Crippen molar-refractivity contribution in [2.45, 2.75) is 25.8 Å². The van der Waals surface area contributed by atoms with Gasteiger partial charge in [-0.15, -0.1) is 0 Å². The van der Waals surface area contributed by atoms with E-state index in [1.807, 2.05) is 14.0 Å². The zero-order valence-corrected chi connectivity index (χ0v) is 7.21. The smallest absolute Gasteiger partial charge is 0.226 e. The van der Waals surface area contributed by atoms with Gasteiger partial charge in [0.25, 0.3) is 0 Å². The predicted octanol–water partition coefficient (Wildman–Crippen LogP) is 0.202. The molecule has 2 unspecified atom stereocenters. The van der Waals surface area contributed by atoms with Crippen molar-refractivity contribution in [2.24, 2.45) is 11.7 Å². The van der Waals surface area contributed by atoms with E-state index in [0.717, 1.165) is 19.4 Å². The molecule has 2 N–H and O–H groups in total. The van der Waals surface area contributed by atoms with Gasteiger partial charge in [-0.25, -0.2) is 0 Å². The maximum absolute atomic E-state index is 11.4. The fraction of sp³-hybridized carbons (Fsp3) is 0.875. The van der Waals surface area contributed by atoms with Crippen LogP contribution in [-0.2, 0) is 4.79 Å². The summed E-state index contributed by atoms with van der Waals surface area (Å²) in [7, 11) is 1.84. The van der Waals surface area contributed by atoms with Crippen LogP contribution in [0.1, 0.15) is 19.8 Å². The molecule has 1 heterocycles. The third-order valence-electron chi connectivity index (χ3n) is 2.44. The van der Waals surface area contributed by atoms with Gasteiger partial charge in [0.2, 0.25) is 5.91 Å². The van der Waals surface area contributed by atoms with Crippen LogP contribution in [0.5, 0.6) is 0 Å². The van der Waals surface area contributed by atoms with Gasteiger partial charge in [0.15, 0.2) is 0 Å². The van der Waals surface area contributed by atoms with Crippen LogP contribution in [-0.4, -0.2) is 30.4 Å². The second-order valence-electron chi connectivity index (χ2n) is 3.35. The lowest BCUT2D eigenvalue weighted by atomic mass is 9.99. The first-order valence-electron chi connectivity index (χ1n) is 4.13. The van der Waals surface area contributed by atoms with Crippen molar-refractivity contribution in [1.29, 1.82) is 0 Å². The van der Waals surface area contributed by atoms with E-state index in [1.165, 1.54) is 0 Å². The normalized spacial score (nSPS) is 33.7. The molecule has 1 saturated heterocycles. The molecule has 2 atom stereocenters. The van der Waals surface area contributed by atoms with Crippen LogP contribution < -0.4 is 5.73 Å². The van der Waals surface area contributed by atoms with Crippen molar-refractivity contribution in [3.63, 3.8) is 0 Å². The Balaban J connectivity index is 2.66. The van der Waals surface area contributed by atoms with E-state index in [-0.39, 0.29) is 17.9 Å². The minimum atomic E-state index is 0.00231. The highest BCUT2D eigenvalue weighted by molar-refractivity contribution is 5.79. The van der Waals surface area contributed by atoms with E-state index >= 15 is 0 Å². The molecule has 11 heavy (non-hydrogen) atoms. The summed E-state index contributed by atoms with van der Waals surface area (Å²) < 4.78 is 0. The highest BCUT2D eigenvalue weighted by Gasteiger charge is 2.26. The van der Waals surface area contributed by atoms with Gasteiger partial charge in [-0.2, -0.15) is 0 Å². The molecule has 1 amide bonds. The number of amides is 1. The summed E-state index contributed by atoms with van der Waals surface area (Å²) >= 11 is 0. The van der Waals surface area contributed by atoms with Crippen molar-refractivity contribution in [2.75, 3.05) is 13.6 Å². The molecule has 1 fully saturated rings. The van der Waals surface area contributed by atoms with Crippen LogP contribution in [0.3, 0.4) is 0 Å². The first-order chi connectivity index (χ1) is 5.13. The standard InChI is InChI=1S/C8H16N2O/c1-6-7(9)4-3-5-10(2)8(6)11/h6-7H,3-5,9H2,1-2H3. The van der Waals surface area contributed by atoms with Crippen LogP contribution in [0.4, 0.5) is 0 Å². The van der Waals surface area contributed by atoms with E-state index in [2.05, 4.69) is 0 Å². The molecule has 1 rings (SSSR count). The molecule has 3 heteroatoms. The van der Waals surface area contributed by atoms with Crippen molar-refractivity contribution in [1.82, 2.24) is 4.90 Å². The molecule has 1 aliphatic rings. The van der Waals surface area contributed by atoms with Gasteiger partial charge in [0.1, 0.15) is 0 Å².